The fourth-order valence-corrected chi connectivity index (χ4v) is 2.39. The number of nitrogens with one attached hydrogen (secondary N) is 2. The second kappa shape index (κ2) is 5.97. The van der Waals surface area contributed by atoms with E-state index in [1.54, 1.807) is 12.4 Å². The third kappa shape index (κ3) is 2.76. The van der Waals surface area contributed by atoms with Gasteiger partial charge in [-0.05, 0) is 36.8 Å². The molecule has 0 radical (unpaired) electrons. The molecule has 1 aromatic carbocycles. The molecule has 0 aliphatic heterocycles. The number of aromatic amines is 1. The van der Waals surface area contributed by atoms with Crippen molar-refractivity contribution < 1.29 is 0 Å². The highest BCUT2D eigenvalue weighted by Gasteiger charge is 2.16. The number of rotatable bonds is 4. The van der Waals surface area contributed by atoms with Gasteiger partial charge in [-0.2, -0.15) is 5.10 Å². The van der Waals surface area contributed by atoms with Crippen molar-refractivity contribution in [2.45, 2.75) is 6.92 Å². The summed E-state index contributed by atoms with van der Waals surface area (Å²) in [4.78, 5) is 4.08. The number of hydrogen-bond acceptors (Lipinski definition) is 3. The highest BCUT2D eigenvalue weighted by atomic mass is 35.5. The Morgan fingerprint density at radius 2 is 1.76 bits per heavy atom. The normalized spacial score (nSPS) is 10.6. The third-order valence-electron chi connectivity index (χ3n) is 3.21. The maximum atomic E-state index is 5.96. The average Bonchev–Trinajstić information content (AvgIpc) is 2.93. The summed E-state index contributed by atoms with van der Waals surface area (Å²) in [5.41, 5.74) is 4.12. The van der Waals surface area contributed by atoms with Gasteiger partial charge in [0.05, 0.1) is 11.3 Å². The van der Waals surface area contributed by atoms with Crippen molar-refractivity contribution in [3.8, 4) is 22.4 Å². The topological polar surface area (TPSA) is 53.6 Å². The van der Waals surface area contributed by atoms with Crippen molar-refractivity contribution in [3.63, 3.8) is 0 Å². The Morgan fingerprint density at radius 1 is 1.05 bits per heavy atom. The number of H-pyrrole nitrogens is 1. The van der Waals surface area contributed by atoms with Crippen molar-refractivity contribution in [3.05, 3.63) is 53.8 Å². The van der Waals surface area contributed by atoms with Crippen LogP contribution in [0.1, 0.15) is 6.92 Å². The molecule has 0 amide bonds. The lowest BCUT2D eigenvalue weighted by Gasteiger charge is -2.07. The summed E-state index contributed by atoms with van der Waals surface area (Å²) in [7, 11) is 0. The molecule has 0 aliphatic rings. The molecule has 3 rings (SSSR count). The van der Waals surface area contributed by atoms with Crippen LogP contribution < -0.4 is 5.32 Å². The van der Waals surface area contributed by atoms with Gasteiger partial charge in [-0.15, -0.1) is 0 Å². The number of aromatic nitrogens is 3. The Morgan fingerprint density at radius 3 is 2.43 bits per heavy atom. The second-order valence-electron chi connectivity index (χ2n) is 4.60. The molecule has 0 aliphatic carbocycles. The van der Waals surface area contributed by atoms with Gasteiger partial charge in [-0.3, -0.25) is 10.1 Å². The fourth-order valence-electron chi connectivity index (χ4n) is 2.26. The minimum absolute atomic E-state index is 0.718. The monoisotopic (exact) mass is 298 g/mol. The van der Waals surface area contributed by atoms with Crippen molar-refractivity contribution in [2.24, 2.45) is 0 Å². The van der Waals surface area contributed by atoms with Crippen LogP contribution in [0.15, 0.2) is 48.8 Å². The molecule has 0 atom stereocenters. The van der Waals surface area contributed by atoms with E-state index in [1.165, 1.54) is 0 Å². The molecule has 0 bridgehead atoms. The molecule has 0 fully saturated rings. The SMILES string of the molecule is CCNc1n[nH]c(-c2ccc(Cl)cc2)c1-c1ccncc1. The predicted octanol–water partition coefficient (Wildman–Crippen LogP) is 4.22. The summed E-state index contributed by atoms with van der Waals surface area (Å²) in [6, 6.07) is 11.7. The lowest BCUT2D eigenvalue weighted by atomic mass is 10.0. The van der Waals surface area contributed by atoms with Crippen LogP contribution in [0.2, 0.25) is 5.02 Å². The first-order chi connectivity index (χ1) is 10.3. The van der Waals surface area contributed by atoms with Crippen molar-refractivity contribution in [2.75, 3.05) is 11.9 Å². The van der Waals surface area contributed by atoms with Crippen LogP contribution in [0, 0.1) is 0 Å². The molecule has 3 aromatic rings. The maximum absolute atomic E-state index is 5.96. The first-order valence-corrected chi connectivity index (χ1v) is 7.16. The fraction of sp³-hybridized carbons (Fsp3) is 0.125. The molecular formula is C16H15ClN4. The summed E-state index contributed by atoms with van der Waals surface area (Å²) >= 11 is 5.96. The van der Waals surface area contributed by atoms with Crippen LogP contribution in [-0.4, -0.2) is 21.7 Å². The molecule has 106 valence electrons. The van der Waals surface area contributed by atoms with E-state index in [9.17, 15) is 0 Å². The van der Waals surface area contributed by atoms with Gasteiger partial charge in [0.25, 0.3) is 0 Å². The summed E-state index contributed by atoms with van der Waals surface area (Å²) in [5, 5.41) is 11.5. The van der Waals surface area contributed by atoms with Gasteiger partial charge < -0.3 is 5.32 Å². The predicted molar refractivity (Wildman–Crippen MR) is 86.4 cm³/mol. The maximum Gasteiger partial charge on any atom is 0.156 e. The Bertz CT molecular complexity index is 720. The summed E-state index contributed by atoms with van der Waals surface area (Å²) in [5.74, 6) is 0.841. The van der Waals surface area contributed by atoms with Crippen molar-refractivity contribution in [1.82, 2.24) is 15.2 Å². The first-order valence-electron chi connectivity index (χ1n) is 6.78. The summed E-state index contributed by atoms with van der Waals surface area (Å²) in [6.45, 7) is 2.86. The van der Waals surface area contributed by atoms with Gasteiger partial charge in [-0.25, -0.2) is 0 Å². The molecule has 2 N–H and O–H groups in total. The Kier molecular flexibility index (Phi) is 3.88. The van der Waals surface area contributed by atoms with Gasteiger partial charge >= 0.3 is 0 Å². The average molecular weight is 299 g/mol. The van der Waals surface area contributed by atoms with E-state index >= 15 is 0 Å². The molecule has 21 heavy (non-hydrogen) atoms. The van der Waals surface area contributed by atoms with Gasteiger partial charge in [0.2, 0.25) is 0 Å². The zero-order chi connectivity index (χ0) is 14.7. The van der Waals surface area contributed by atoms with E-state index in [1.807, 2.05) is 43.3 Å². The number of halogens is 1. The van der Waals surface area contributed by atoms with Crippen LogP contribution in [0.5, 0.6) is 0 Å². The van der Waals surface area contributed by atoms with E-state index < -0.39 is 0 Å². The zero-order valence-electron chi connectivity index (χ0n) is 11.6. The largest absolute Gasteiger partial charge is 0.368 e. The van der Waals surface area contributed by atoms with E-state index in [0.717, 1.165) is 39.8 Å². The third-order valence-corrected chi connectivity index (χ3v) is 3.46. The molecule has 0 unspecified atom stereocenters. The smallest absolute Gasteiger partial charge is 0.156 e. The second-order valence-corrected chi connectivity index (χ2v) is 5.03. The van der Waals surface area contributed by atoms with Crippen molar-refractivity contribution in [1.29, 1.82) is 0 Å². The number of hydrogen-bond donors (Lipinski definition) is 2. The number of anilines is 1. The van der Waals surface area contributed by atoms with E-state index in [-0.39, 0.29) is 0 Å². The Balaban J connectivity index is 2.15. The molecule has 2 heterocycles. The standard InChI is InChI=1S/C16H15ClN4/c1-2-19-16-14(11-7-9-18-10-8-11)15(20-21-16)12-3-5-13(17)6-4-12/h3-10H,2H2,1H3,(H2,19,20,21). The molecule has 4 nitrogen and oxygen atoms in total. The molecule has 0 spiro atoms. The number of nitrogens with zero attached hydrogens (tertiary/aromatic N) is 2. The summed E-state index contributed by atoms with van der Waals surface area (Å²) < 4.78 is 0. The van der Waals surface area contributed by atoms with E-state index in [0.29, 0.717) is 0 Å². The van der Waals surface area contributed by atoms with Crippen LogP contribution in [0.4, 0.5) is 5.82 Å². The van der Waals surface area contributed by atoms with Gasteiger partial charge in [0, 0.05) is 29.5 Å². The molecule has 0 saturated heterocycles. The van der Waals surface area contributed by atoms with Crippen LogP contribution in [0.3, 0.4) is 0 Å². The highest BCUT2D eigenvalue weighted by Crippen LogP contribution is 2.36. The van der Waals surface area contributed by atoms with E-state index in [4.69, 9.17) is 11.6 Å². The zero-order valence-corrected chi connectivity index (χ0v) is 12.4. The minimum atomic E-state index is 0.718. The lowest BCUT2D eigenvalue weighted by molar-refractivity contribution is 1.07. The molecule has 0 saturated carbocycles. The Hall–Kier alpha value is -2.33. The number of benzene rings is 1. The van der Waals surface area contributed by atoms with Crippen LogP contribution >= 0.6 is 11.6 Å². The van der Waals surface area contributed by atoms with Gasteiger partial charge in [-0.1, -0.05) is 23.7 Å². The van der Waals surface area contributed by atoms with Crippen LogP contribution in [0.25, 0.3) is 22.4 Å². The highest BCUT2D eigenvalue weighted by molar-refractivity contribution is 6.30. The Labute approximate surface area is 128 Å². The van der Waals surface area contributed by atoms with Crippen molar-refractivity contribution >= 4 is 17.4 Å². The van der Waals surface area contributed by atoms with Crippen LogP contribution in [-0.2, 0) is 0 Å². The molecular weight excluding hydrogens is 284 g/mol. The lowest BCUT2D eigenvalue weighted by Crippen LogP contribution is -1.98. The molecule has 2 aromatic heterocycles. The van der Waals surface area contributed by atoms with Gasteiger partial charge in [0.15, 0.2) is 5.82 Å². The molecule has 5 heteroatoms. The minimum Gasteiger partial charge on any atom is -0.368 e. The van der Waals surface area contributed by atoms with E-state index in [2.05, 4.69) is 20.5 Å². The van der Waals surface area contributed by atoms with Gasteiger partial charge in [0.1, 0.15) is 0 Å². The number of pyridine rings is 1. The quantitative estimate of drug-likeness (QED) is 0.758. The summed E-state index contributed by atoms with van der Waals surface area (Å²) in [6.07, 6.45) is 3.56. The first kappa shape index (κ1) is 13.6.